The fourth-order valence-electron chi connectivity index (χ4n) is 2.56. The molecule has 0 spiro atoms. The van der Waals surface area contributed by atoms with E-state index in [1.165, 1.54) is 0 Å². The normalized spacial score (nSPS) is 11.0. The van der Waals surface area contributed by atoms with Crippen molar-refractivity contribution in [2.24, 2.45) is 0 Å². The molecule has 29 heavy (non-hydrogen) atoms. The van der Waals surface area contributed by atoms with Crippen LogP contribution in [0, 0.1) is 6.92 Å². The molecule has 0 unspecified atom stereocenters. The van der Waals surface area contributed by atoms with Crippen LogP contribution in [0.1, 0.15) is 27.0 Å². The second kappa shape index (κ2) is 9.66. The summed E-state index contributed by atoms with van der Waals surface area (Å²) >= 11 is 5.93. The van der Waals surface area contributed by atoms with Gasteiger partial charge in [0.25, 0.3) is 11.8 Å². The van der Waals surface area contributed by atoms with Crippen molar-refractivity contribution >= 4 is 29.5 Å². The molecular formula is C23H20ClN3O2. The molecule has 3 rings (SSSR count). The highest BCUT2D eigenvalue weighted by molar-refractivity contribution is 6.30. The molecule has 0 fully saturated rings. The average molecular weight is 406 g/mol. The topological polar surface area (TPSA) is 71.1 Å². The minimum absolute atomic E-state index is 0.145. The number of aromatic nitrogens is 1. The van der Waals surface area contributed by atoms with Crippen molar-refractivity contribution in [3.63, 3.8) is 0 Å². The molecule has 1 heterocycles. The zero-order valence-electron chi connectivity index (χ0n) is 15.9. The van der Waals surface area contributed by atoms with Crippen LogP contribution in [-0.4, -0.2) is 16.8 Å². The Kier molecular flexibility index (Phi) is 6.76. The Morgan fingerprint density at radius 3 is 2.28 bits per heavy atom. The largest absolute Gasteiger partial charge is 0.347 e. The minimum Gasteiger partial charge on any atom is -0.347 e. The van der Waals surface area contributed by atoms with Crippen LogP contribution in [0.3, 0.4) is 0 Å². The highest BCUT2D eigenvalue weighted by Crippen LogP contribution is 2.13. The van der Waals surface area contributed by atoms with E-state index in [1.807, 2.05) is 31.2 Å². The zero-order chi connectivity index (χ0) is 20.6. The van der Waals surface area contributed by atoms with Crippen LogP contribution in [0.4, 0.5) is 0 Å². The smallest absolute Gasteiger partial charge is 0.268 e. The van der Waals surface area contributed by atoms with Crippen LogP contribution in [0.5, 0.6) is 0 Å². The van der Waals surface area contributed by atoms with Gasteiger partial charge in [0.15, 0.2) is 0 Å². The molecule has 2 aromatic carbocycles. The summed E-state index contributed by atoms with van der Waals surface area (Å²) in [7, 11) is 0. The first-order valence-electron chi connectivity index (χ1n) is 9.03. The lowest BCUT2D eigenvalue weighted by Gasteiger charge is -2.11. The Labute approximate surface area is 174 Å². The fourth-order valence-corrected chi connectivity index (χ4v) is 2.69. The number of rotatable bonds is 6. The van der Waals surface area contributed by atoms with Crippen molar-refractivity contribution < 1.29 is 9.59 Å². The van der Waals surface area contributed by atoms with Crippen molar-refractivity contribution in [1.82, 2.24) is 15.6 Å². The van der Waals surface area contributed by atoms with Gasteiger partial charge in [0.05, 0.1) is 0 Å². The van der Waals surface area contributed by atoms with Gasteiger partial charge >= 0.3 is 0 Å². The highest BCUT2D eigenvalue weighted by Gasteiger charge is 2.14. The summed E-state index contributed by atoms with van der Waals surface area (Å²) < 4.78 is 0. The van der Waals surface area contributed by atoms with Crippen molar-refractivity contribution in [3.8, 4) is 0 Å². The van der Waals surface area contributed by atoms with Gasteiger partial charge in [0.1, 0.15) is 5.70 Å². The molecule has 0 saturated carbocycles. The van der Waals surface area contributed by atoms with Gasteiger partial charge in [0.2, 0.25) is 0 Å². The van der Waals surface area contributed by atoms with Gasteiger partial charge in [-0.1, -0.05) is 41.4 Å². The van der Waals surface area contributed by atoms with Gasteiger partial charge in [-0.15, -0.1) is 0 Å². The number of nitrogens with zero attached hydrogens (tertiary/aromatic N) is 1. The van der Waals surface area contributed by atoms with E-state index in [1.54, 1.807) is 54.9 Å². The first-order chi connectivity index (χ1) is 14.0. The van der Waals surface area contributed by atoms with E-state index in [4.69, 9.17) is 11.6 Å². The molecule has 6 heteroatoms. The molecule has 0 bridgehead atoms. The predicted octanol–water partition coefficient (Wildman–Crippen LogP) is 4.13. The SMILES string of the molecule is Cc1ccc(C(=O)N/C(=C\c2ccc(Cl)cc2)C(=O)NCc2ccncc2)cc1. The number of benzene rings is 2. The molecule has 0 radical (unpaired) electrons. The number of pyridine rings is 1. The van der Waals surface area contributed by atoms with Crippen LogP contribution in [-0.2, 0) is 11.3 Å². The van der Waals surface area contributed by atoms with Gasteiger partial charge in [-0.25, -0.2) is 0 Å². The van der Waals surface area contributed by atoms with Crippen LogP contribution in [0.25, 0.3) is 6.08 Å². The van der Waals surface area contributed by atoms with Crippen molar-refractivity contribution in [2.75, 3.05) is 0 Å². The number of hydrogen-bond acceptors (Lipinski definition) is 3. The Bertz CT molecular complexity index is 1010. The van der Waals surface area contributed by atoms with Crippen molar-refractivity contribution in [2.45, 2.75) is 13.5 Å². The van der Waals surface area contributed by atoms with Gasteiger partial charge in [-0.2, -0.15) is 0 Å². The van der Waals surface area contributed by atoms with Crippen LogP contribution >= 0.6 is 11.6 Å². The summed E-state index contributed by atoms with van der Waals surface area (Å²) in [4.78, 5) is 29.4. The maximum atomic E-state index is 12.8. The summed E-state index contributed by atoms with van der Waals surface area (Å²) in [6.45, 7) is 2.26. The molecule has 0 atom stereocenters. The van der Waals surface area contributed by atoms with Gasteiger partial charge < -0.3 is 10.6 Å². The Hall–Kier alpha value is -3.44. The van der Waals surface area contributed by atoms with Crippen molar-refractivity contribution in [3.05, 3.63) is 106 Å². The van der Waals surface area contributed by atoms with Gasteiger partial charge in [0, 0.05) is 29.5 Å². The number of amides is 2. The standard InChI is InChI=1S/C23H20ClN3O2/c1-16-2-6-19(7-3-16)22(28)27-21(14-17-4-8-20(24)9-5-17)23(29)26-15-18-10-12-25-13-11-18/h2-14H,15H2,1H3,(H,26,29)(H,27,28)/b21-14-. The molecule has 0 aliphatic heterocycles. The molecule has 1 aromatic heterocycles. The van der Waals surface area contributed by atoms with E-state index in [-0.39, 0.29) is 11.6 Å². The summed E-state index contributed by atoms with van der Waals surface area (Å²) in [6, 6.07) is 17.8. The molecule has 2 N–H and O–H groups in total. The second-order valence-electron chi connectivity index (χ2n) is 6.47. The molecule has 5 nitrogen and oxygen atoms in total. The lowest BCUT2D eigenvalue weighted by Crippen LogP contribution is -2.34. The van der Waals surface area contributed by atoms with Gasteiger partial charge in [-0.3, -0.25) is 14.6 Å². The third kappa shape index (κ3) is 6.02. The zero-order valence-corrected chi connectivity index (χ0v) is 16.6. The molecule has 2 amide bonds. The quantitative estimate of drug-likeness (QED) is 0.606. The summed E-state index contributed by atoms with van der Waals surface area (Å²) in [5, 5.41) is 6.13. The minimum atomic E-state index is -0.391. The molecule has 0 saturated heterocycles. The predicted molar refractivity (Wildman–Crippen MR) is 114 cm³/mol. The lowest BCUT2D eigenvalue weighted by atomic mass is 10.1. The number of nitrogens with one attached hydrogen (secondary N) is 2. The number of aryl methyl sites for hydroxylation is 1. The Balaban J connectivity index is 1.80. The maximum Gasteiger partial charge on any atom is 0.268 e. The Morgan fingerprint density at radius 2 is 1.62 bits per heavy atom. The maximum absolute atomic E-state index is 12.8. The van der Waals surface area contributed by atoms with E-state index < -0.39 is 5.91 Å². The number of carbonyl (C=O) groups excluding carboxylic acids is 2. The van der Waals surface area contributed by atoms with E-state index >= 15 is 0 Å². The third-order valence-corrected chi connectivity index (χ3v) is 4.44. The monoisotopic (exact) mass is 405 g/mol. The van der Waals surface area contributed by atoms with Crippen LogP contribution in [0.15, 0.2) is 78.8 Å². The average Bonchev–Trinajstić information content (AvgIpc) is 2.74. The van der Waals surface area contributed by atoms with Gasteiger partial charge in [-0.05, 0) is 60.5 Å². The van der Waals surface area contributed by atoms with E-state index in [0.29, 0.717) is 17.1 Å². The van der Waals surface area contributed by atoms with E-state index in [9.17, 15) is 9.59 Å². The van der Waals surface area contributed by atoms with Crippen LogP contribution in [0.2, 0.25) is 5.02 Å². The summed E-state index contributed by atoms with van der Waals surface area (Å²) in [5.74, 6) is -0.749. The highest BCUT2D eigenvalue weighted by atomic mass is 35.5. The second-order valence-corrected chi connectivity index (χ2v) is 6.90. The summed E-state index contributed by atoms with van der Waals surface area (Å²) in [5.41, 5.74) is 3.32. The van der Waals surface area contributed by atoms with Crippen molar-refractivity contribution in [1.29, 1.82) is 0 Å². The number of halogens is 1. The van der Waals surface area contributed by atoms with Crippen LogP contribution < -0.4 is 10.6 Å². The third-order valence-electron chi connectivity index (χ3n) is 4.19. The fraction of sp³-hybridized carbons (Fsp3) is 0.0870. The first-order valence-corrected chi connectivity index (χ1v) is 9.41. The molecular weight excluding hydrogens is 386 g/mol. The first kappa shape index (κ1) is 20.3. The number of hydrogen-bond donors (Lipinski definition) is 2. The molecule has 0 aliphatic rings. The molecule has 146 valence electrons. The molecule has 3 aromatic rings. The van der Waals surface area contributed by atoms with E-state index in [2.05, 4.69) is 15.6 Å². The number of carbonyl (C=O) groups is 2. The summed E-state index contributed by atoms with van der Waals surface area (Å²) in [6.07, 6.45) is 4.93. The lowest BCUT2D eigenvalue weighted by molar-refractivity contribution is -0.117. The van der Waals surface area contributed by atoms with E-state index in [0.717, 1.165) is 16.7 Å². The Morgan fingerprint density at radius 1 is 0.966 bits per heavy atom. The molecule has 0 aliphatic carbocycles.